The fourth-order valence-corrected chi connectivity index (χ4v) is 2.17. The smallest absolute Gasteiger partial charge is 0.315 e. The maximum atomic E-state index is 11.0. The van der Waals surface area contributed by atoms with Crippen LogP contribution in [-0.2, 0) is 4.74 Å². The normalized spacial score (nSPS) is 55.1. The van der Waals surface area contributed by atoms with Gasteiger partial charge in [0.1, 0.15) is 18.3 Å². The highest BCUT2D eigenvalue weighted by atomic mass is 16.6. The average Bonchev–Trinajstić information content (AvgIpc) is 2.79. The van der Waals surface area contributed by atoms with Gasteiger partial charge in [0, 0.05) is 0 Å². The largest absolute Gasteiger partial charge is 0.388 e. The maximum Gasteiger partial charge on any atom is 0.315 e. The third-order valence-corrected chi connectivity index (χ3v) is 2.85. The monoisotopic (exact) mass is 170 g/mol. The molecule has 3 aliphatic rings. The predicted molar refractivity (Wildman–Crippen MR) is 38.5 cm³/mol. The van der Waals surface area contributed by atoms with E-state index in [1.54, 1.807) is 0 Å². The van der Waals surface area contributed by atoms with E-state index in [1.807, 2.05) is 0 Å². The van der Waals surface area contributed by atoms with Crippen molar-refractivity contribution in [1.29, 1.82) is 0 Å². The van der Waals surface area contributed by atoms with E-state index in [9.17, 15) is 9.90 Å². The Bertz CT molecular complexity index is 245. The van der Waals surface area contributed by atoms with Crippen LogP contribution in [0.1, 0.15) is 6.42 Å². The van der Waals surface area contributed by atoms with Crippen LogP contribution in [0.4, 0.5) is 4.79 Å². The van der Waals surface area contributed by atoms with Crippen molar-refractivity contribution < 1.29 is 14.6 Å². The molecule has 12 heavy (non-hydrogen) atoms. The fourth-order valence-electron chi connectivity index (χ4n) is 2.17. The average molecular weight is 170 g/mol. The van der Waals surface area contributed by atoms with Gasteiger partial charge in [-0.15, -0.1) is 0 Å². The van der Waals surface area contributed by atoms with Gasteiger partial charge in [-0.1, -0.05) is 0 Å². The molecule has 66 valence electrons. The minimum Gasteiger partial charge on any atom is -0.388 e. The first-order valence-corrected chi connectivity index (χ1v) is 4.16. The van der Waals surface area contributed by atoms with Gasteiger partial charge < -0.3 is 20.5 Å². The van der Waals surface area contributed by atoms with Crippen LogP contribution >= 0.6 is 0 Å². The second kappa shape index (κ2) is 1.92. The van der Waals surface area contributed by atoms with E-state index < -0.39 is 6.10 Å². The molecule has 5 heteroatoms. The van der Waals surface area contributed by atoms with Gasteiger partial charge in [0.15, 0.2) is 0 Å². The summed E-state index contributed by atoms with van der Waals surface area (Å²) in [5, 5.41) is 15.0. The number of carbonyl (C=O) groups excluding carboxylic acids is 1. The van der Waals surface area contributed by atoms with Gasteiger partial charge in [0.25, 0.3) is 0 Å². The summed E-state index contributed by atoms with van der Waals surface area (Å²) >= 11 is 0. The Kier molecular flexibility index (Phi) is 1.07. The number of aliphatic hydroxyl groups is 1. The maximum absolute atomic E-state index is 11.0. The van der Waals surface area contributed by atoms with Gasteiger partial charge in [-0.3, -0.25) is 0 Å². The highest BCUT2D eigenvalue weighted by Gasteiger charge is 2.58. The number of hydrogen-bond acceptors (Lipinski definition) is 3. The summed E-state index contributed by atoms with van der Waals surface area (Å²) in [4.78, 5) is 11.0. The van der Waals surface area contributed by atoms with E-state index in [0.717, 1.165) is 6.42 Å². The Morgan fingerprint density at radius 3 is 2.92 bits per heavy atom. The van der Waals surface area contributed by atoms with Crippen molar-refractivity contribution in [1.82, 2.24) is 10.6 Å². The molecule has 0 unspecified atom stereocenters. The number of fused-ring (bicyclic) bond motifs is 4. The van der Waals surface area contributed by atoms with Crippen LogP contribution in [-0.4, -0.2) is 41.5 Å². The van der Waals surface area contributed by atoms with Crippen LogP contribution in [0.2, 0.25) is 0 Å². The molecule has 3 N–H and O–H groups in total. The molecule has 2 saturated heterocycles. The summed E-state index contributed by atoms with van der Waals surface area (Å²) in [6, 6.07) is -0.200. The van der Waals surface area contributed by atoms with Crippen molar-refractivity contribution in [3.63, 3.8) is 0 Å². The second-order valence-electron chi connectivity index (χ2n) is 3.62. The van der Waals surface area contributed by atoms with Crippen LogP contribution in [0.15, 0.2) is 0 Å². The van der Waals surface area contributed by atoms with Crippen molar-refractivity contribution in [3.05, 3.63) is 0 Å². The molecule has 0 aromatic carbocycles. The SMILES string of the molecule is O=C1N[C@H]2C[C@@H](N1)[C@@H]1O[C@@H]1[C@H]2O. The van der Waals surface area contributed by atoms with Gasteiger partial charge in [-0.05, 0) is 6.42 Å². The van der Waals surface area contributed by atoms with Gasteiger partial charge in [0.05, 0.1) is 12.1 Å². The topological polar surface area (TPSA) is 73.9 Å². The number of carbonyl (C=O) groups is 1. The number of aliphatic hydroxyl groups excluding tert-OH is 1. The zero-order valence-electron chi connectivity index (χ0n) is 6.36. The van der Waals surface area contributed by atoms with Crippen molar-refractivity contribution in [3.8, 4) is 0 Å². The second-order valence-corrected chi connectivity index (χ2v) is 3.62. The first kappa shape index (κ1) is 6.68. The highest BCUT2D eigenvalue weighted by Crippen LogP contribution is 2.38. The quantitative estimate of drug-likeness (QED) is 0.390. The molecule has 5 atom stereocenters. The Balaban J connectivity index is 1.88. The summed E-state index contributed by atoms with van der Waals surface area (Å²) < 4.78 is 5.25. The number of rotatable bonds is 0. The third kappa shape index (κ3) is 0.723. The Hall–Kier alpha value is -0.810. The first-order chi connectivity index (χ1) is 5.75. The number of amides is 2. The summed E-state index contributed by atoms with van der Waals surface area (Å²) in [6.45, 7) is 0. The summed E-state index contributed by atoms with van der Waals surface area (Å²) in [5.41, 5.74) is 0. The molecule has 0 aromatic heterocycles. The van der Waals surface area contributed by atoms with E-state index in [4.69, 9.17) is 4.74 Å². The van der Waals surface area contributed by atoms with Gasteiger partial charge in [-0.25, -0.2) is 4.79 Å². The number of ether oxygens (including phenoxy) is 1. The number of epoxide rings is 1. The van der Waals surface area contributed by atoms with Crippen LogP contribution in [0, 0.1) is 0 Å². The lowest BCUT2D eigenvalue weighted by atomic mass is 9.87. The van der Waals surface area contributed by atoms with Crippen LogP contribution in [0.25, 0.3) is 0 Å². The molecule has 5 nitrogen and oxygen atoms in total. The lowest BCUT2D eigenvalue weighted by Crippen LogP contribution is -2.64. The Morgan fingerprint density at radius 1 is 1.33 bits per heavy atom. The molecule has 0 spiro atoms. The van der Waals surface area contributed by atoms with Crippen molar-refractivity contribution in [2.45, 2.75) is 36.8 Å². The molecule has 2 amide bonds. The minimum atomic E-state index is -0.516. The van der Waals surface area contributed by atoms with Gasteiger partial charge in [0.2, 0.25) is 0 Å². The zero-order valence-corrected chi connectivity index (χ0v) is 6.36. The van der Waals surface area contributed by atoms with E-state index in [0.29, 0.717) is 0 Å². The lowest BCUT2D eigenvalue weighted by Gasteiger charge is -2.36. The molecule has 1 saturated carbocycles. The minimum absolute atomic E-state index is 0.0538. The molecular formula is C7H10N2O3. The summed E-state index contributed by atoms with van der Waals surface area (Å²) in [7, 11) is 0. The van der Waals surface area contributed by atoms with Crippen molar-refractivity contribution >= 4 is 6.03 Å². The van der Waals surface area contributed by atoms with Gasteiger partial charge in [-0.2, -0.15) is 0 Å². The Labute approximate surface area is 69.1 Å². The van der Waals surface area contributed by atoms with E-state index in [1.165, 1.54) is 0 Å². The van der Waals surface area contributed by atoms with Crippen LogP contribution in [0.5, 0.6) is 0 Å². The zero-order chi connectivity index (χ0) is 8.29. The molecule has 0 radical (unpaired) electrons. The van der Waals surface area contributed by atoms with E-state index in [-0.39, 0.29) is 30.3 Å². The lowest BCUT2D eigenvalue weighted by molar-refractivity contribution is 0.0800. The predicted octanol–water partition coefficient (Wildman–Crippen LogP) is -1.43. The third-order valence-electron chi connectivity index (χ3n) is 2.85. The number of urea groups is 1. The standard InChI is InChI=1S/C7H10N2O3/c10-4-2-1-3(5-6(4)12-5)9-7(11)8-2/h2-6,10H,1H2,(H2,8,9,11)/t2-,3+,4-,5-,6+/m0/s1. The van der Waals surface area contributed by atoms with E-state index in [2.05, 4.69) is 10.6 Å². The molecule has 0 aromatic rings. The molecular weight excluding hydrogens is 160 g/mol. The number of hydrogen-bond donors (Lipinski definition) is 3. The molecule has 3 rings (SSSR count). The molecule has 2 aliphatic heterocycles. The van der Waals surface area contributed by atoms with Crippen molar-refractivity contribution in [2.24, 2.45) is 0 Å². The number of nitrogens with one attached hydrogen (secondary N) is 2. The van der Waals surface area contributed by atoms with Crippen LogP contribution in [0.3, 0.4) is 0 Å². The molecule has 3 fully saturated rings. The first-order valence-electron chi connectivity index (χ1n) is 4.16. The Morgan fingerprint density at radius 2 is 2.08 bits per heavy atom. The van der Waals surface area contributed by atoms with Crippen molar-refractivity contribution in [2.75, 3.05) is 0 Å². The van der Waals surface area contributed by atoms with Gasteiger partial charge >= 0.3 is 6.03 Å². The molecule has 2 heterocycles. The molecule has 1 aliphatic carbocycles. The summed E-state index contributed by atoms with van der Waals surface area (Å²) in [5.74, 6) is 0. The molecule has 2 bridgehead atoms. The summed E-state index contributed by atoms with van der Waals surface area (Å²) in [6.07, 6.45) is 0.259. The van der Waals surface area contributed by atoms with E-state index >= 15 is 0 Å². The highest BCUT2D eigenvalue weighted by molar-refractivity contribution is 5.76. The van der Waals surface area contributed by atoms with Crippen LogP contribution < -0.4 is 10.6 Å². The fraction of sp³-hybridized carbons (Fsp3) is 0.857.